The van der Waals surface area contributed by atoms with Gasteiger partial charge in [-0.25, -0.2) is 4.79 Å². The van der Waals surface area contributed by atoms with Gasteiger partial charge in [0.1, 0.15) is 11.6 Å². The molecule has 0 rings (SSSR count). The molecule has 20 heavy (non-hydrogen) atoms. The number of nitrogens with zero attached hydrogens (tertiary/aromatic N) is 1. The van der Waals surface area contributed by atoms with E-state index in [1.807, 2.05) is 48.5 Å². The zero-order valence-electron chi connectivity index (χ0n) is 13.7. The number of ether oxygens (including phenoxy) is 1. The van der Waals surface area contributed by atoms with Crippen LogP contribution in [0.25, 0.3) is 0 Å². The van der Waals surface area contributed by atoms with Crippen LogP contribution >= 0.6 is 0 Å². The first kappa shape index (κ1) is 18.7. The second-order valence-electron chi connectivity index (χ2n) is 6.77. The van der Waals surface area contributed by atoms with Gasteiger partial charge in [0.15, 0.2) is 0 Å². The minimum Gasteiger partial charge on any atom is -0.444 e. The summed E-state index contributed by atoms with van der Waals surface area (Å²) >= 11 is 0. The maximum Gasteiger partial charge on any atom is 0.410 e. The SMILES string of the molecule is CCNC(CN(C(=O)OC(C)(C)C)C(C)(C)C)C(N)=O. The van der Waals surface area contributed by atoms with Gasteiger partial charge >= 0.3 is 6.09 Å². The maximum absolute atomic E-state index is 12.3. The summed E-state index contributed by atoms with van der Waals surface area (Å²) in [6.07, 6.45) is -0.450. The highest BCUT2D eigenvalue weighted by Crippen LogP contribution is 2.18. The molecule has 1 unspecified atom stereocenters. The molecule has 0 aromatic heterocycles. The molecule has 0 aromatic carbocycles. The molecule has 0 aliphatic rings. The third-order valence-corrected chi connectivity index (χ3v) is 2.58. The summed E-state index contributed by atoms with van der Waals surface area (Å²) in [5, 5.41) is 2.98. The Hall–Kier alpha value is -1.30. The number of nitrogens with two attached hydrogens (primary N) is 1. The van der Waals surface area contributed by atoms with E-state index in [0.29, 0.717) is 6.54 Å². The van der Waals surface area contributed by atoms with Gasteiger partial charge in [0.25, 0.3) is 0 Å². The largest absolute Gasteiger partial charge is 0.444 e. The van der Waals surface area contributed by atoms with Crippen molar-refractivity contribution in [2.75, 3.05) is 13.1 Å². The van der Waals surface area contributed by atoms with Crippen LogP contribution in [0.15, 0.2) is 0 Å². The van der Waals surface area contributed by atoms with Crippen molar-refractivity contribution in [2.24, 2.45) is 5.73 Å². The van der Waals surface area contributed by atoms with Crippen molar-refractivity contribution in [3.8, 4) is 0 Å². The highest BCUT2D eigenvalue weighted by molar-refractivity contribution is 5.81. The number of likely N-dealkylation sites (N-methyl/N-ethyl adjacent to an activating group) is 1. The second kappa shape index (κ2) is 6.92. The molecule has 6 heteroatoms. The van der Waals surface area contributed by atoms with Gasteiger partial charge in [0, 0.05) is 12.1 Å². The maximum atomic E-state index is 12.3. The topological polar surface area (TPSA) is 84.7 Å². The Labute approximate surface area is 122 Å². The van der Waals surface area contributed by atoms with Crippen LogP contribution in [0.3, 0.4) is 0 Å². The van der Waals surface area contributed by atoms with Gasteiger partial charge in [0.05, 0.1) is 0 Å². The second-order valence-corrected chi connectivity index (χ2v) is 6.77. The molecule has 0 fully saturated rings. The van der Waals surface area contributed by atoms with E-state index in [1.54, 1.807) is 0 Å². The average molecular weight is 287 g/mol. The van der Waals surface area contributed by atoms with Crippen LogP contribution in [0.5, 0.6) is 0 Å². The lowest BCUT2D eigenvalue weighted by molar-refractivity contribution is -0.120. The number of amides is 2. The first-order valence-electron chi connectivity index (χ1n) is 6.91. The molecule has 2 amide bonds. The van der Waals surface area contributed by atoms with Crippen LogP contribution in [-0.2, 0) is 9.53 Å². The number of carbonyl (C=O) groups is 2. The zero-order chi connectivity index (χ0) is 16.1. The quantitative estimate of drug-likeness (QED) is 0.802. The van der Waals surface area contributed by atoms with Gasteiger partial charge in [0.2, 0.25) is 5.91 Å². The van der Waals surface area contributed by atoms with Gasteiger partial charge < -0.3 is 20.7 Å². The number of carbonyl (C=O) groups excluding carboxylic acids is 2. The van der Waals surface area contributed by atoms with Crippen LogP contribution in [0, 0.1) is 0 Å². The summed E-state index contributed by atoms with van der Waals surface area (Å²) in [5.74, 6) is -0.482. The summed E-state index contributed by atoms with van der Waals surface area (Å²) < 4.78 is 5.39. The molecule has 0 saturated heterocycles. The minimum absolute atomic E-state index is 0.182. The monoisotopic (exact) mass is 287 g/mol. The number of hydrogen-bond acceptors (Lipinski definition) is 4. The predicted molar refractivity (Wildman–Crippen MR) is 79.4 cm³/mol. The molecule has 0 saturated carbocycles. The third-order valence-electron chi connectivity index (χ3n) is 2.58. The Morgan fingerprint density at radius 2 is 1.70 bits per heavy atom. The van der Waals surface area contributed by atoms with E-state index >= 15 is 0 Å². The van der Waals surface area contributed by atoms with E-state index in [-0.39, 0.29) is 6.54 Å². The lowest BCUT2D eigenvalue weighted by Crippen LogP contribution is -2.56. The standard InChI is InChI=1S/C14H29N3O3/c1-8-16-10(11(15)18)9-17(13(2,3)4)12(19)20-14(5,6)7/h10,16H,8-9H2,1-7H3,(H2,15,18). The smallest absolute Gasteiger partial charge is 0.410 e. The summed E-state index contributed by atoms with van der Waals surface area (Å²) in [6.45, 7) is 13.7. The molecule has 118 valence electrons. The van der Waals surface area contributed by atoms with E-state index in [2.05, 4.69) is 5.32 Å². The van der Waals surface area contributed by atoms with Crippen LogP contribution in [0.4, 0.5) is 4.79 Å². The fourth-order valence-corrected chi connectivity index (χ4v) is 1.62. The highest BCUT2D eigenvalue weighted by atomic mass is 16.6. The lowest BCUT2D eigenvalue weighted by atomic mass is 10.1. The van der Waals surface area contributed by atoms with Crippen molar-refractivity contribution in [1.29, 1.82) is 0 Å². The molecular weight excluding hydrogens is 258 g/mol. The molecule has 6 nitrogen and oxygen atoms in total. The normalized spacial score (nSPS) is 13.8. The molecular formula is C14H29N3O3. The average Bonchev–Trinajstić information content (AvgIpc) is 2.18. The van der Waals surface area contributed by atoms with Crippen LogP contribution in [0.2, 0.25) is 0 Å². The Kier molecular flexibility index (Phi) is 6.47. The van der Waals surface area contributed by atoms with E-state index in [1.165, 1.54) is 4.90 Å². The van der Waals surface area contributed by atoms with E-state index in [9.17, 15) is 9.59 Å². The highest BCUT2D eigenvalue weighted by Gasteiger charge is 2.33. The molecule has 0 radical (unpaired) electrons. The van der Waals surface area contributed by atoms with Crippen molar-refractivity contribution >= 4 is 12.0 Å². The fourth-order valence-electron chi connectivity index (χ4n) is 1.62. The van der Waals surface area contributed by atoms with E-state index in [4.69, 9.17) is 10.5 Å². The number of hydrogen-bond donors (Lipinski definition) is 2. The molecule has 0 aliphatic carbocycles. The van der Waals surface area contributed by atoms with Gasteiger partial charge in [-0.15, -0.1) is 0 Å². The van der Waals surface area contributed by atoms with Crippen LogP contribution < -0.4 is 11.1 Å². The molecule has 0 aliphatic heterocycles. The van der Waals surface area contributed by atoms with E-state index in [0.717, 1.165) is 0 Å². The molecule has 0 aromatic rings. The first-order chi connectivity index (χ1) is 8.88. The number of nitrogens with one attached hydrogen (secondary N) is 1. The van der Waals surface area contributed by atoms with Crippen LogP contribution in [0.1, 0.15) is 48.5 Å². The molecule has 0 spiro atoms. The zero-order valence-corrected chi connectivity index (χ0v) is 13.7. The number of rotatable bonds is 5. The van der Waals surface area contributed by atoms with Crippen LogP contribution in [-0.4, -0.2) is 47.2 Å². The lowest BCUT2D eigenvalue weighted by Gasteiger charge is -2.38. The Morgan fingerprint density at radius 1 is 1.20 bits per heavy atom. The van der Waals surface area contributed by atoms with E-state index < -0.39 is 29.2 Å². The van der Waals surface area contributed by atoms with Crippen molar-refractivity contribution in [2.45, 2.75) is 65.6 Å². The minimum atomic E-state index is -0.591. The Morgan fingerprint density at radius 3 is 2.00 bits per heavy atom. The van der Waals surface area contributed by atoms with Crippen molar-refractivity contribution in [1.82, 2.24) is 10.2 Å². The van der Waals surface area contributed by atoms with Gasteiger partial charge in [-0.2, -0.15) is 0 Å². The Bertz CT molecular complexity index is 343. The van der Waals surface area contributed by atoms with Gasteiger partial charge in [-0.05, 0) is 48.1 Å². The first-order valence-corrected chi connectivity index (χ1v) is 6.91. The summed E-state index contributed by atoms with van der Waals surface area (Å²) in [7, 11) is 0. The fraction of sp³-hybridized carbons (Fsp3) is 0.857. The summed E-state index contributed by atoms with van der Waals surface area (Å²) in [6, 6.07) is -0.591. The predicted octanol–water partition coefficient (Wildman–Crippen LogP) is 1.49. The van der Waals surface area contributed by atoms with Crippen molar-refractivity contribution in [3.63, 3.8) is 0 Å². The molecule has 1 atom stereocenters. The Balaban J connectivity index is 5.08. The van der Waals surface area contributed by atoms with Crippen molar-refractivity contribution in [3.05, 3.63) is 0 Å². The van der Waals surface area contributed by atoms with Gasteiger partial charge in [-0.1, -0.05) is 6.92 Å². The third kappa shape index (κ3) is 6.75. The summed E-state index contributed by atoms with van der Waals surface area (Å²) in [5.41, 5.74) is 4.31. The molecule has 0 bridgehead atoms. The number of primary amides is 1. The van der Waals surface area contributed by atoms with Crippen molar-refractivity contribution < 1.29 is 14.3 Å². The van der Waals surface area contributed by atoms with Gasteiger partial charge in [-0.3, -0.25) is 4.79 Å². The molecule has 3 N–H and O–H groups in total. The molecule has 0 heterocycles. The summed E-state index contributed by atoms with van der Waals surface area (Å²) in [4.78, 5) is 25.3.